The second kappa shape index (κ2) is 10.5. The van der Waals surface area contributed by atoms with E-state index in [9.17, 15) is 5.26 Å². The molecule has 2 unspecified atom stereocenters. The molecule has 1 aliphatic rings. The predicted molar refractivity (Wildman–Crippen MR) is 135 cm³/mol. The Morgan fingerprint density at radius 2 is 1.44 bits per heavy atom. The van der Waals surface area contributed by atoms with E-state index < -0.39 is 0 Å². The van der Waals surface area contributed by atoms with Gasteiger partial charge >= 0.3 is 0 Å². The van der Waals surface area contributed by atoms with Crippen LogP contribution in [-0.4, -0.2) is 10.9 Å². The molecule has 1 aliphatic carbocycles. The Bertz CT molecular complexity index is 981. The summed E-state index contributed by atoms with van der Waals surface area (Å²) in [5.41, 5.74) is 3.46. The van der Waals surface area contributed by atoms with Gasteiger partial charge in [0.1, 0.15) is 0 Å². The summed E-state index contributed by atoms with van der Waals surface area (Å²) in [6, 6.07) is 33.0. The molecule has 2 nitrogen and oxygen atoms in total. The normalized spacial score (nSPS) is 16.3. The van der Waals surface area contributed by atoms with Gasteiger partial charge in [-0.1, -0.05) is 88.7 Å². The number of rotatable bonds is 10. The van der Waals surface area contributed by atoms with Crippen molar-refractivity contribution in [1.82, 2.24) is 4.90 Å². The van der Waals surface area contributed by atoms with Gasteiger partial charge in [0.15, 0.2) is 0 Å². The van der Waals surface area contributed by atoms with E-state index in [1.807, 2.05) is 0 Å². The molecule has 0 radical (unpaired) electrons. The number of hydrogen-bond donors (Lipinski definition) is 0. The van der Waals surface area contributed by atoms with Crippen LogP contribution in [-0.2, 0) is 18.5 Å². The van der Waals surface area contributed by atoms with Gasteiger partial charge in [0.05, 0.1) is 11.5 Å². The Balaban J connectivity index is 1.52. The van der Waals surface area contributed by atoms with Gasteiger partial charge in [-0.25, -0.2) is 0 Å². The van der Waals surface area contributed by atoms with Gasteiger partial charge in [-0.15, -0.1) is 0 Å². The van der Waals surface area contributed by atoms with Gasteiger partial charge in [0.2, 0.25) is 0 Å². The van der Waals surface area contributed by atoms with Crippen LogP contribution in [0.3, 0.4) is 0 Å². The fraction of sp³-hybridized carbons (Fsp3) is 0.345. The number of nitrogens with zero attached hydrogens (tertiary/aromatic N) is 2. The molecule has 1 saturated carbocycles. The molecular formula is C29H31BrN2. The molecule has 3 heteroatoms. The molecule has 0 heterocycles. The van der Waals surface area contributed by atoms with E-state index in [1.165, 1.54) is 16.7 Å². The van der Waals surface area contributed by atoms with Crippen molar-refractivity contribution in [1.29, 1.82) is 5.26 Å². The van der Waals surface area contributed by atoms with Crippen LogP contribution in [0.2, 0.25) is 0 Å². The first-order chi connectivity index (χ1) is 15.6. The highest BCUT2D eigenvalue weighted by atomic mass is 79.9. The van der Waals surface area contributed by atoms with Crippen molar-refractivity contribution in [3.8, 4) is 6.07 Å². The van der Waals surface area contributed by atoms with Crippen LogP contribution in [0, 0.1) is 17.2 Å². The van der Waals surface area contributed by atoms with Crippen molar-refractivity contribution in [3.05, 3.63) is 106 Å². The zero-order valence-electron chi connectivity index (χ0n) is 18.8. The fourth-order valence-electron chi connectivity index (χ4n) is 4.74. The Labute approximate surface area is 201 Å². The topological polar surface area (TPSA) is 27.0 Å². The van der Waals surface area contributed by atoms with E-state index in [-0.39, 0.29) is 5.41 Å². The number of hydrogen-bond acceptors (Lipinski definition) is 2. The summed E-state index contributed by atoms with van der Waals surface area (Å²) >= 11 is 3.54. The molecule has 1 fully saturated rings. The zero-order chi connectivity index (χ0) is 22.4. The highest BCUT2D eigenvalue weighted by Crippen LogP contribution is 2.50. The highest BCUT2D eigenvalue weighted by Gasteiger charge is 2.46. The fourth-order valence-corrected chi connectivity index (χ4v) is 5.01. The third-order valence-corrected chi connectivity index (χ3v) is 7.40. The molecular weight excluding hydrogens is 456 g/mol. The lowest BCUT2D eigenvalue weighted by atomic mass is 9.73. The molecule has 0 spiro atoms. The molecule has 0 aromatic heterocycles. The Kier molecular flexibility index (Phi) is 7.45. The van der Waals surface area contributed by atoms with Crippen molar-refractivity contribution in [2.24, 2.45) is 5.92 Å². The summed E-state index contributed by atoms with van der Waals surface area (Å²) in [6.45, 7) is 4.15. The minimum atomic E-state index is -0.375. The quantitative estimate of drug-likeness (QED) is 0.296. The number of halogens is 1. The summed E-state index contributed by atoms with van der Waals surface area (Å²) in [5.74, 6) is 0.484. The van der Waals surface area contributed by atoms with E-state index in [1.54, 1.807) is 0 Å². The van der Waals surface area contributed by atoms with Gasteiger partial charge in [0, 0.05) is 23.6 Å². The maximum atomic E-state index is 10.4. The lowest BCUT2D eigenvalue weighted by Crippen LogP contribution is -2.35. The Morgan fingerprint density at radius 3 is 1.91 bits per heavy atom. The highest BCUT2D eigenvalue weighted by molar-refractivity contribution is 9.10. The van der Waals surface area contributed by atoms with E-state index in [4.69, 9.17) is 0 Å². The van der Waals surface area contributed by atoms with Gasteiger partial charge in [-0.05, 0) is 67.3 Å². The van der Waals surface area contributed by atoms with Gasteiger partial charge in [-0.3, -0.25) is 4.90 Å². The average molecular weight is 487 g/mol. The van der Waals surface area contributed by atoms with Crippen LogP contribution in [0.15, 0.2) is 89.4 Å². The molecule has 0 aliphatic heterocycles. The molecule has 3 aromatic carbocycles. The first-order valence-electron chi connectivity index (χ1n) is 11.6. The largest absolute Gasteiger partial charge is 0.292 e. The third-order valence-electron chi connectivity index (χ3n) is 6.87. The monoisotopic (exact) mass is 486 g/mol. The smallest absolute Gasteiger partial charge is 0.0851 e. The summed E-state index contributed by atoms with van der Waals surface area (Å²) in [6.07, 6.45) is 4.22. The summed E-state index contributed by atoms with van der Waals surface area (Å²) < 4.78 is 1.06. The number of nitriles is 1. The third kappa shape index (κ3) is 5.49. The van der Waals surface area contributed by atoms with E-state index >= 15 is 0 Å². The van der Waals surface area contributed by atoms with Crippen LogP contribution in [0.1, 0.15) is 49.3 Å². The molecule has 0 amide bonds. The first kappa shape index (κ1) is 22.8. The van der Waals surface area contributed by atoms with Crippen molar-refractivity contribution in [2.75, 3.05) is 0 Å². The molecule has 0 N–H and O–H groups in total. The molecule has 2 atom stereocenters. The van der Waals surface area contributed by atoms with Crippen LogP contribution in [0.25, 0.3) is 0 Å². The molecule has 0 saturated heterocycles. The minimum absolute atomic E-state index is 0.373. The predicted octanol–water partition coefficient (Wildman–Crippen LogP) is 7.49. The first-order valence-corrected chi connectivity index (χ1v) is 12.4. The standard InChI is InChI=1S/C29H31BrN2/c1-23(18-19-29(22-31,26-12-13-26)27-14-16-28(30)17-15-27)32(20-24-8-4-2-5-9-24)21-25-10-6-3-7-11-25/h2-11,14-17,23,26H,12-13,18-21H2,1H3. The SMILES string of the molecule is CC(CCC(C#N)(c1ccc(Br)cc1)C1CC1)N(Cc1ccccc1)Cc1ccccc1. The van der Waals surface area contributed by atoms with Crippen LogP contribution in [0.5, 0.6) is 0 Å². The van der Waals surface area contributed by atoms with Crippen LogP contribution in [0.4, 0.5) is 0 Å². The van der Waals surface area contributed by atoms with Gasteiger partial charge in [-0.2, -0.15) is 5.26 Å². The molecule has 32 heavy (non-hydrogen) atoms. The van der Waals surface area contributed by atoms with Crippen molar-refractivity contribution < 1.29 is 0 Å². The van der Waals surface area contributed by atoms with E-state index in [2.05, 4.69) is 119 Å². The maximum Gasteiger partial charge on any atom is 0.0851 e. The summed E-state index contributed by atoms with van der Waals surface area (Å²) in [7, 11) is 0. The second-order valence-corrected chi connectivity index (χ2v) is 10.0. The maximum absolute atomic E-state index is 10.4. The van der Waals surface area contributed by atoms with Crippen LogP contribution >= 0.6 is 15.9 Å². The van der Waals surface area contributed by atoms with E-state index in [0.29, 0.717) is 12.0 Å². The Morgan fingerprint density at radius 1 is 0.906 bits per heavy atom. The second-order valence-electron chi connectivity index (χ2n) is 9.13. The lowest BCUT2D eigenvalue weighted by molar-refractivity contribution is 0.171. The minimum Gasteiger partial charge on any atom is -0.292 e. The summed E-state index contributed by atoms with van der Waals surface area (Å²) in [4.78, 5) is 2.56. The van der Waals surface area contributed by atoms with Gasteiger partial charge in [0.25, 0.3) is 0 Å². The van der Waals surface area contributed by atoms with Crippen molar-refractivity contribution in [3.63, 3.8) is 0 Å². The lowest BCUT2D eigenvalue weighted by Gasteiger charge is -2.33. The van der Waals surface area contributed by atoms with Crippen LogP contribution < -0.4 is 0 Å². The molecule has 164 valence electrons. The van der Waals surface area contributed by atoms with E-state index in [0.717, 1.165) is 43.2 Å². The molecule has 0 bridgehead atoms. The number of benzene rings is 3. The molecule has 3 aromatic rings. The van der Waals surface area contributed by atoms with Crippen molar-refractivity contribution in [2.45, 2.75) is 57.2 Å². The molecule has 4 rings (SSSR count). The average Bonchev–Trinajstić information content (AvgIpc) is 3.67. The van der Waals surface area contributed by atoms with Crippen molar-refractivity contribution >= 4 is 15.9 Å². The summed E-state index contributed by atoms with van der Waals surface area (Å²) in [5, 5.41) is 10.4. The zero-order valence-corrected chi connectivity index (χ0v) is 20.3. The van der Waals surface area contributed by atoms with Gasteiger partial charge < -0.3 is 0 Å². The Hall–Kier alpha value is -2.41.